The van der Waals surface area contributed by atoms with Crippen LogP contribution in [0.4, 0.5) is 10.5 Å². The molecule has 1 unspecified atom stereocenters. The van der Waals surface area contributed by atoms with Gasteiger partial charge in [-0.3, -0.25) is 0 Å². The number of para-hydroxylation sites is 1. The average Bonchev–Trinajstić information content (AvgIpc) is 3.29. The molecule has 0 aliphatic carbocycles. The van der Waals surface area contributed by atoms with Gasteiger partial charge in [0.2, 0.25) is 0 Å². The highest BCUT2D eigenvalue weighted by Gasteiger charge is 2.32. The van der Waals surface area contributed by atoms with Crippen molar-refractivity contribution in [3.63, 3.8) is 0 Å². The van der Waals surface area contributed by atoms with Crippen molar-refractivity contribution in [2.24, 2.45) is 0 Å². The third-order valence-electron chi connectivity index (χ3n) is 5.38. The molecule has 1 atom stereocenters. The molecule has 1 aliphatic rings. The van der Waals surface area contributed by atoms with Crippen LogP contribution in [0.1, 0.15) is 24.4 Å². The summed E-state index contributed by atoms with van der Waals surface area (Å²) in [5, 5.41) is 3.01. The van der Waals surface area contributed by atoms with Crippen LogP contribution in [0, 0.1) is 0 Å². The lowest BCUT2D eigenvalue weighted by Gasteiger charge is -2.27. The zero-order valence-electron chi connectivity index (χ0n) is 17.7. The van der Waals surface area contributed by atoms with Crippen LogP contribution in [-0.2, 0) is 0 Å². The number of urea groups is 1. The van der Waals surface area contributed by atoms with Crippen LogP contribution >= 0.6 is 0 Å². The molecule has 160 valence electrons. The first-order valence-corrected chi connectivity index (χ1v) is 10.3. The van der Waals surface area contributed by atoms with Crippen LogP contribution in [-0.4, -0.2) is 31.7 Å². The Balaban J connectivity index is 1.49. The summed E-state index contributed by atoms with van der Waals surface area (Å²) in [6.45, 7) is 0.686. The quantitative estimate of drug-likeness (QED) is 0.544. The number of rotatable bonds is 6. The van der Waals surface area contributed by atoms with Crippen molar-refractivity contribution in [2.75, 3.05) is 26.1 Å². The van der Waals surface area contributed by atoms with E-state index in [1.807, 2.05) is 77.7 Å². The maximum absolute atomic E-state index is 13.1. The minimum absolute atomic E-state index is 0.0513. The maximum atomic E-state index is 13.1. The van der Waals surface area contributed by atoms with E-state index in [-0.39, 0.29) is 12.1 Å². The molecule has 1 N–H and O–H groups in total. The number of methoxy groups -OCH3 is 2. The van der Waals surface area contributed by atoms with Crippen LogP contribution in [0.2, 0.25) is 0 Å². The summed E-state index contributed by atoms with van der Waals surface area (Å²) in [7, 11) is 3.26. The molecule has 1 aliphatic heterocycles. The van der Waals surface area contributed by atoms with E-state index in [4.69, 9.17) is 14.2 Å². The van der Waals surface area contributed by atoms with Gasteiger partial charge in [-0.2, -0.15) is 0 Å². The Labute approximate surface area is 182 Å². The van der Waals surface area contributed by atoms with E-state index < -0.39 is 0 Å². The zero-order valence-corrected chi connectivity index (χ0v) is 17.7. The lowest BCUT2D eigenvalue weighted by molar-refractivity contribution is 0.206. The van der Waals surface area contributed by atoms with Crippen molar-refractivity contribution in [3.8, 4) is 23.0 Å². The molecule has 4 rings (SSSR count). The number of ether oxygens (including phenoxy) is 3. The average molecular weight is 418 g/mol. The molecule has 31 heavy (non-hydrogen) atoms. The Kier molecular flexibility index (Phi) is 6.26. The van der Waals surface area contributed by atoms with E-state index in [0.29, 0.717) is 18.0 Å². The molecule has 1 saturated heterocycles. The number of carbonyl (C=O) groups excluding carboxylic acids is 1. The van der Waals surface area contributed by atoms with Gasteiger partial charge in [0.15, 0.2) is 0 Å². The van der Waals surface area contributed by atoms with E-state index >= 15 is 0 Å². The smallest absolute Gasteiger partial charge is 0.322 e. The van der Waals surface area contributed by atoms with E-state index in [2.05, 4.69) is 5.32 Å². The Morgan fingerprint density at radius 3 is 2.48 bits per heavy atom. The third kappa shape index (κ3) is 4.74. The molecule has 3 aromatic carbocycles. The largest absolute Gasteiger partial charge is 0.497 e. The Morgan fingerprint density at radius 1 is 0.903 bits per heavy atom. The lowest BCUT2D eigenvalue weighted by Crippen LogP contribution is -2.34. The molecular weight excluding hydrogens is 392 g/mol. The Bertz CT molecular complexity index is 1040. The van der Waals surface area contributed by atoms with Crippen molar-refractivity contribution < 1.29 is 19.0 Å². The molecule has 3 aromatic rings. The second-order valence-corrected chi connectivity index (χ2v) is 7.33. The first-order chi connectivity index (χ1) is 15.2. The van der Waals surface area contributed by atoms with Gasteiger partial charge in [0.1, 0.15) is 23.0 Å². The number of nitrogens with one attached hydrogen (secondary N) is 1. The Hall–Kier alpha value is -3.67. The molecule has 6 heteroatoms. The van der Waals surface area contributed by atoms with Crippen molar-refractivity contribution in [2.45, 2.75) is 18.9 Å². The maximum Gasteiger partial charge on any atom is 0.322 e. The molecule has 6 nitrogen and oxygen atoms in total. The van der Waals surface area contributed by atoms with Gasteiger partial charge in [-0.05, 0) is 49.2 Å². The van der Waals surface area contributed by atoms with Gasteiger partial charge < -0.3 is 24.4 Å². The van der Waals surface area contributed by atoms with Crippen molar-refractivity contribution in [1.82, 2.24) is 4.90 Å². The van der Waals surface area contributed by atoms with Crippen molar-refractivity contribution in [3.05, 3.63) is 78.4 Å². The number of anilines is 1. The number of likely N-dealkylation sites (tertiary alicyclic amines) is 1. The fourth-order valence-electron chi connectivity index (χ4n) is 3.88. The summed E-state index contributed by atoms with van der Waals surface area (Å²) in [6.07, 6.45) is 1.82. The monoisotopic (exact) mass is 418 g/mol. The van der Waals surface area contributed by atoms with E-state index in [9.17, 15) is 4.79 Å². The van der Waals surface area contributed by atoms with Gasteiger partial charge in [0.05, 0.1) is 20.3 Å². The fraction of sp³-hybridized carbons (Fsp3) is 0.240. The van der Waals surface area contributed by atoms with Gasteiger partial charge >= 0.3 is 6.03 Å². The number of amides is 2. The highest BCUT2D eigenvalue weighted by molar-refractivity contribution is 5.90. The number of hydrogen-bond acceptors (Lipinski definition) is 4. The van der Waals surface area contributed by atoms with E-state index in [1.54, 1.807) is 14.2 Å². The first-order valence-electron chi connectivity index (χ1n) is 10.3. The van der Waals surface area contributed by atoms with Gasteiger partial charge in [0.25, 0.3) is 0 Å². The lowest BCUT2D eigenvalue weighted by atomic mass is 10.0. The minimum atomic E-state index is -0.141. The summed E-state index contributed by atoms with van der Waals surface area (Å²) in [5.41, 5.74) is 1.67. The molecule has 0 bridgehead atoms. The van der Waals surface area contributed by atoms with Gasteiger partial charge in [-0.1, -0.05) is 24.3 Å². The number of carbonyl (C=O) groups is 1. The van der Waals surface area contributed by atoms with Gasteiger partial charge in [-0.15, -0.1) is 0 Å². The highest BCUT2D eigenvalue weighted by atomic mass is 16.5. The third-order valence-corrected chi connectivity index (χ3v) is 5.38. The molecular formula is C25H26N2O4. The minimum Gasteiger partial charge on any atom is -0.497 e. The number of hydrogen-bond donors (Lipinski definition) is 1. The van der Waals surface area contributed by atoms with Gasteiger partial charge in [0, 0.05) is 29.9 Å². The number of benzene rings is 3. The Morgan fingerprint density at radius 2 is 1.71 bits per heavy atom. The zero-order chi connectivity index (χ0) is 21.6. The number of nitrogens with zero attached hydrogens (tertiary/aromatic N) is 1. The molecule has 0 spiro atoms. The van der Waals surface area contributed by atoms with Crippen LogP contribution in [0.25, 0.3) is 0 Å². The highest BCUT2D eigenvalue weighted by Crippen LogP contribution is 2.39. The predicted octanol–water partition coefficient (Wildman–Crippen LogP) is 5.87. The van der Waals surface area contributed by atoms with E-state index in [1.165, 1.54) is 0 Å². The fourth-order valence-corrected chi connectivity index (χ4v) is 3.88. The van der Waals surface area contributed by atoms with Crippen LogP contribution in [0.15, 0.2) is 72.8 Å². The SMILES string of the molecule is COc1ccc(C2CCCN2C(=O)Nc2cccc(Oc3ccccc3)c2)c(OC)c1. The van der Waals surface area contributed by atoms with Crippen molar-refractivity contribution >= 4 is 11.7 Å². The summed E-state index contributed by atoms with van der Waals surface area (Å²) in [6, 6.07) is 22.5. The summed E-state index contributed by atoms with van der Waals surface area (Å²) < 4.78 is 16.7. The standard InChI is InChI=1S/C25H26N2O4/c1-29-20-13-14-22(24(17-20)30-2)23-12-7-15-27(23)25(28)26-18-8-6-11-21(16-18)31-19-9-4-3-5-10-19/h3-6,8-11,13-14,16-17,23H,7,12,15H2,1-2H3,(H,26,28). The second-order valence-electron chi connectivity index (χ2n) is 7.33. The van der Waals surface area contributed by atoms with Crippen molar-refractivity contribution in [1.29, 1.82) is 0 Å². The predicted molar refractivity (Wildman–Crippen MR) is 120 cm³/mol. The van der Waals surface area contributed by atoms with E-state index in [0.717, 1.165) is 35.7 Å². The first kappa shape index (κ1) is 20.6. The molecule has 0 aromatic heterocycles. The summed E-state index contributed by atoms with van der Waals surface area (Å²) in [5.74, 6) is 2.86. The molecule has 2 amide bonds. The molecule has 1 heterocycles. The topological polar surface area (TPSA) is 60.0 Å². The summed E-state index contributed by atoms with van der Waals surface area (Å²) in [4.78, 5) is 15.0. The summed E-state index contributed by atoms with van der Waals surface area (Å²) >= 11 is 0. The normalized spacial score (nSPS) is 15.4. The van der Waals surface area contributed by atoms with Crippen LogP contribution < -0.4 is 19.5 Å². The van der Waals surface area contributed by atoms with Crippen LogP contribution in [0.3, 0.4) is 0 Å². The van der Waals surface area contributed by atoms with Crippen LogP contribution in [0.5, 0.6) is 23.0 Å². The second kappa shape index (κ2) is 9.43. The van der Waals surface area contributed by atoms with Gasteiger partial charge in [-0.25, -0.2) is 4.79 Å². The molecule has 0 saturated carbocycles. The molecule has 1 fully saturated rings. The molecule has 0 radical (unpaired) electrons.